The lowest BCUT2D eigenvalue weighted by molar-refractivity contribution is 0.461. The Balaban J connectivity index is 0.00000320. The van der Waals surface area contributed by atoms with Gasteiger partial charge in [-0.15, -0.1) is 24.0 Å². The van der Waals surface area contributed by atoms with Gasteiger partial charge < -0.3 is 15.5 Å². The monoisotopic (exact) mass is 528 g/mol. The van der Waals surface area contributed by atoms with Gasteiger partial charge in [-0.25, -0.2) is 4.39 Å². The highest BCUT2D eigenvalue weighted by Gasteiger charge is 2.21. The highest BCUT2D eigenvalue weighted by Crippen LogP contribution is 2.21. The summed E-state index contributed by atoms with van der Waals surface area (Å²) < 4.78 is 15.5. The Hall–Kier alpha value is -1.84. The lowest BCUT2D eigenvalue weighted by Gasteiger charge is -2.34. The maximum absolute atomic E-state index is 13.5. The summed E-state index contributed by atoms with van der Waals surface area (Å²) in [6, 6.07) is 7.20. The number of nitrogens with zero attached hydrogens (tertiary/aromatic N) is 4. The Morgan fingerprint density at radius 1 is 1.23 bits per heavy atom. The average molecular weight is 528 g/mol. The fourth-order valence-electron chi connectivity index (χ4n) is 4.11. The predicted octanol–water partition coefficient (Wildman–Crippen LogP) is 3.64. The normalized spacial score (nSPS) is 15.1. The summed E-state index contributed by atoms with van der Waals surface area (Å²) >= 11 is 0. The van der Waals surface area contributed by atoms with Crippen LogP contribution in [0.5, 0.6) is 0 Å². The standard InChI is InChI=1S/C22H33FN6.HI/c1-5-20-19(21(6-2)28(4)27-20)15-25-22(24-3)26-17-10-12-29(13-11-17)18-9-7-8-16(23)14-18;/h7-9,14,17H,5-6,10-13,15H2,1-4H3,(H2,24,25,26);1H. The number of aryl methyl sites for hydroxylation is 2. The van der Waals surface area contributed by atoms with E-state index in [1.54, 1.807) is 12.1 Å². The number of nitrogens with one attached hydrogen (secondary N) is 2. The summed E-state index contributed by atoms with van der Waals surface area (Å²) in [7, 11) is 3.82. The van der Waals surface area contributed by atoms with Crippen LogP contribution in [0.25, 0.3) is 0 Å². The molecule has 0 bridgehead atoms. The minimum atomic E-state index is -0.180. The van der Waals surface area contributed by atoms with Crippen molar-refractivity contribution in [3.63, 3.8) is 0 Å². The molecule has 0 amide bonds. The van der Waals surface area contributed by atoms with Gasteiger partial charge in [0.25, 0.3) is 0 Å². The molecule has 2 N–H and O–H groups in total. The maximum Gasteiger partial charge on any atom is 0.191 e. The largest absolute Gasteiger partial charge is 0.371 e. The van der Waals surface area contributed by atoms with Crippen LogP contribution in [-0.2, 0) is 26.4 Å². The van der Waals surface area contributed by atoms with Crippen LogP contribution in [0.2, 0.25) is 0 Å². The molecule has 0 unspecified atom stereocenters. The quantitative estimate of drug-likeness (QED) is 0.342. The van der Waals surface area contributed by atoms with E-state index in [4.69, 9.17) is 0 Å². The topological polar surface area (TPSA) is 57.5 Å². The lowest BCUT2D eigenvalue weighted by Crippen LogP contribution is -2.48. The van der Waals surface area contributed by atoms with Crippen molar-refractivity contribution in [3.8, 4) is 0 Å². The van der Waals surface area contributed by atoms with Crippen LogP contribution in [0.1, 0.15) is 43.6 Å². The predicted molar refractivity (Wildman–Crippen MR) is 132 cm³/mol. The summed E-state index contributed by atoms with van der Waals surface area (Å²) in [4.78, 5) is 6.65. The number of halogens is 2. The van der Waals surface area contributed by atoms with E-state index < -0.39 is 0 Å². The van der Waals surface area contributed by atoms with Crippen molar-refractivity contribution >= 4 is 35.6 Å². The molecule has 1 aliphatic heterocycles. The van der Waals surface area contributed by atoms with Gasteiger partial charge in [0, 0.05) is 56.7 Å². The SMILES string of the molecule is CCc1nn(C)c(CC)c1CNC(=NC)NC1CCN(c2cccc(F)c2)CC1.I. The highest BCUT2D eigenvalue weighted by molar-refractivity contribution is 14.0. The Kier molecular flexibility index (Phi) is 9.38. The second-order valence-electron chi connectivity index (χ2n) is 7.51. The van der Waals surface area contributed by atoms with Gasteiger partial charge in [0.15, 0.2) is 5.96 Å². The summed E-state index contributed by atoms with van der Waals surface area (Å²) in [5.74, 6) is 0.641. The summed E-state index contributed by atoms with van der Waals surface area (Å²) in [6.07, 6.45) is 3.87. The van der Waals surface area contributed by atoms with Gasteiger partial charge in [-0.05, 0) is 43.9 Å². The molecule has 8 heteroatoms. The molecular formula is C22H34FIN6. The molecule has 3 rings (SSSR count). The van der Waals surface area contributed by atoms with Crippen LogP contribution in [-0.4, -0.2) is 41.9 Å². The first-order valence-corrected chi connectivity index (χ1v) is 10.6. The van der Waals surface area contributed by atoms with Crippen LogP contribution >= 0.6 is 24.0 Å². The molecule has 2 aromatic rings. The van der Waals surface area contributed by atoms with Gasteiger partial charge in [0.05, 0.1) is 5.69 Å². The molecule has 30 heavy (non-hydrogen) atoms. The third kappa shape index (κ3) is 5.86. The number of anilines is 1. The van der Waals surface area contributed by atoms with Crippen molar-refractivity contribution < 1.29 is 4.39 Å². The van der Waals surface area contributed by atoms with Gasteiger partial charge in [0.1, 0.15) is 5.82 Å². The second-order valence-corrected chi connectivity index (χ2v) is 7.51. The maximum atomic E-state index is 13.5. The molecule has 0 aliphatic carbocycles. The minimum absolute atomic E-state index is 0. The smallest absolute Gasteiger partial charge is 0.191 e. The molecule has 1 fully saturated rings. The summed E-state index contributed by atoms with van der Waals surface area (Å²) in [5, 5.41) is 11.7. The zero-order valence-corrected chi connectivity index (χ0v) is 20.7. The van der Waals surface area contributed by atoms with E-state index in [9.17, 15) is 4.39 Å². The first-order valence-electron chi connectivity index (χ1n) is 10.6. The van der Waals surface area contributed by atoms with Gasteiger partial charge in [-0.1, -0.05) is 19.9 Å². The van der Waals surface area contributed by atoms with E-state index >= 15 is 0 Å². The van der Waals surface area contributed by atoms with Crippen LogP contribution < -0.4 is 15.5 Å². The summed E-state index contributed by atoms with van der Waals surface area (Å²) in [6.45, 7) is 6.84. The minimum Gasteiger partial charge on any atom is -0.371 e. The first kappa shape index (κ1) is 24.4. The van der Waals surface area contributed by atoms with Crippen LogP contribution in [0.3, 0.4) is 0 Å². The fraction of sp³-hybridized carbons (Fsp3) is 0.545. The van der Waals surface area contributed by atoms with Gasteiger partial charge in [0.2, 0.25) is 0 Å². The van der Waals surface area contributed by atoms with Crippen molar-refractivity contribution in [2.45, 2.75) is 52.1 Å². The van der Waals surface area contributed by atoms with Crippen molar-refractivity contribution in [3.05, 3.63) is 47.0 Å². The molecule has 0 atom stereocenters. The molecule has 1 aromatic heterocycles. The Morgan fingerprint density at radius 3 is 2.57 bits per heavy atom. The zero-order chi connectivity index (χ0) is 20.8. The average Bonchev–Trinajstić information content (AvgIpc) is 3.05. The Morgan fingerprint density at radius 2 is 1.97 bits per heavy atom. The van der Waals surface area contributed by atoms with E-state index in [1.807, 2.05) is 24.8 Å². The molecule has 0 radical (unpaired) electrons. The van der Waals surface area contributed by atoms with Gasteiger partial charge >= 0.3 is 0 Å². The van der Waals surface area contributed by atoms with Crippen molar-refractivity contribution in [2.75, 3.05) is 25.0 Å². The van der Waals surface area contributed by atoms with E-state index in [1.165, 1.54) is 17.3 Å². The second kappa shape index (κ2) is 11.5. The van der Waals surface area contributed by atoms with E-state index in [2.05, 4.69) is 39.5 Å². The number of hydrogen-bond acceptors (Lipinski definition) is 3. The number of benzene rings is 1. The van der Waals surface area contributed by atoms with Crippen molar-refractivity contribution in [1.82, 2.24) is 20.4 Å². The Bertz CT molecular complexity index is 842. The summed E-state index contributed by atoms with van der Waals surface area (Å²) in [5.41, 5.74) is 4.66. The molecular weight excluding hydrogens is 494 g/mol. The number of aromatic nitrogens is 2. The Labute approximate surface area is 196 Å². The number of guanidine groups is 1. The number of aliphatic imine (C=N–C) groups is 1. The number of hydrogen-bond donors (Lipinski definition) is 2. The molecule has 2 heterocycles. The van der Waals surface area contributed by atoms with E-state index in [0.717, 1.165) is 62.7 Å². The molecule has 1 saturated heterocycles. The van der Waals surface area contributed by atoms with E-state index in [0.29, 0.717) is 6.04 Å². The van der Waals surface area contributed by atoms with Crippen LogP contribution in [0.4, 0.5) is 10.1 Å². The third-order valence-corrected chi connectivity index (χ3v) is 5.69. The highest BCUT2D eigenvalue weighted by atomic mass is 127. The van der Waals surface area contributed by atoms with E-state index in [-0.39, 0.29) is 29.8 Å². The van der Waals surface area contributed by atoms with Crippen molar-refractivity contribution in [1.29, 1.82) is 0 Å². The fourth-order valence-corrected chi connectivity index (χ4v) is 4.11. The zero-order valence-electron chi connectivity index (χ0n) is 18.4. The first-order chi connectivity index (χ1) is 14.0. The third-order valence-electron chi connectivity index (χ3n) is 5.69. The van der Waals surface area contributed by atoms with Crippen molar-refractivity contribution in [2.24, 2.45) is 12.0 Å². The number of rotatable bonds is 6. The van der Waals surface area contributed by atoms with Crippen LogP contribution in [0, 0.1) is 5.82 Å². The van der Waals surface area contributed by atoms with Crippen LogP contribution in [0.15, 0.2) is 29.3 Å². The molecule has 1 aromatic carbocycles. The molecule has 0 spiro atoms. The lowest BCUT2D eigenvalue weighted by atomic mass is 10.0. The molecule has 1 aliphatic rings. The van der Waals surface area contributed by atoms with Gasteiger partial charge in [-0.2, -0.15) is 5.10 Å². The number of piperidine rings is 1. The molecule has 6 nitrogen and oxygen atoms in total. The van der Waals surface area contributed by atoms with Gasteiger partial charge in [-0.3, -0.25) is 9.67 Å². The molecule has 0 saturated carbocycles. The molecule has 166 valence electrons.